The van der Waals surface area contributed by atoms with Gasteiger partial charge in [-0.1, -0.05) is 12.1 Å². The zero-order chi connectivity index (χ0) is 22.7. The Balaban J connectivity index is 1.71. The number of fused-ring (bicyclic) bond motifs is 1. The van der Waals surface area contributed by atoms with E-state index in [1.807, 2.05) is 0 Å². The molecule has 12 heteroatoms. The molecular weight excluding hydrogens is 428 g/mol. The first-order valence-electron chi connectivity index (χ1n) is 9.14. The molecule has 1 aromatic carbocycles. The molecule has 1 fully saturated rings. The molecule has 11 nitrogen and oxygen atoms in total. The van der Waals surface area contributed by atoms with E-state index in [0.717, 1.165) is 4.90 Å². The SMILES string of the molecule is CC(=O)OCC1=C(C(=O)O)N2C(=O)[C@@H](NC(=O)C(N)c3cccc(NC=O)c3)[C@H]2SC1. The van der Waals surface area contributed by atoms with Crippen LogP contribution in [0.4, 0.5) is 5.69 Å². The number of aliphatic carboxylic acids is 1. The lowest BCUT2D eigenvalue weighted by Gasteiger charge is -2.49. The summed E-state index contributed by atoms with van der Waals surface area (Å²) in [5.41, 5.74) is 6.95. The number of hydrogen-bond donors (Lipinski definition) is 4. The van der Waals surface area contributed by atoms with Crippen LogP contribution in [0.3, 0.4) is 0 Å². The van der Waals surface area contributed by atoms with Gasteiger partial charge in [-0.3, -0.25) is 24.1 Å². The van der Waals surface area contributed by atoms with Gasteiger partial charge in [-0.15, -0.1) is 11.8 Å². The van der Waals surface area contributed by atoms with Crippen molar-refractivity contribution in [2.24, 2.45) is 5.73 Å². The first-order chi connectivity index (χ1) is 14.7. The van der Waals surface area contributed by atoms with Crippen molar-refractivity contribution in [1.82, 2.24) is 10.2 Å². The van der Waals surface area contributed by atoms with Gasteiger partial charge in [0.15, 0.2) is 0 Å². The van der Waals surface area contributed by atoms with Gasteiger partial charge in [-0.2, -0.15) is 0 Å². The molecule has 5 N–H and O–H groups in total. The van der Waals surface area contributed by atoms with Crippen LogP contribution in [0.2, 0.25) is 0 Å². The number of hydrogen-bond acceptors (Lipinski definition) is 8. The molecule has 2 aliphatic rings. The number of rotatable bonds is 8. The Kier molecular flexibility index (Phi) is 6.61. The topological polar surface area (TPSA) is 168 Å². The zero-order valence-electron chi connectivity index (χ0n) is 16.4. The molecule has 0 saturated carbocycles. The van der Waals surface area contributed by atoms with Crippen LogP contribution < -0.4 is 16.4 Å². The summed E-state index contributed by atoms with van der Waals surface area (Å²) >= 11 is 1.25. The Labute approximate surface area is 181 Å². The van der Waals surface area contributed by atoms with E-state index in [1.54, 1.807) is 18.2 Å². The van der Waals surface area contributed by atoms with Crippen LogP contribution in [0.25, 0.3) is 0 Å². The molecule has 2 heterocycles. The molecule has 3 atom stereocenters. The molecule has 3 amide bonds. The number of nitrogens with two attached hydrogens (primary N) is 1. The minimum absolute atomic E-state index is 0.223. The molecule has 1 unspecified atom stereocenters. The Hall–Kier alpha value is -3.38. The van der Waals surface area contributed by atoms with Gasteiger partial charge in [-0.25, -0.2) is 4.79 Å². The van der Waals surface area contributed by atoms with Gasteiger partial charge in [0.05, 0.1) is 0 Å². The van der Waals surface area contributed by atoms with Gasteiger partial charge in [0, 0.05) is 23.9 Å². The lowest BCUT2D eigenvalue weighted by atomic mass is 10.0. The summed E-state index contributed by atoms with van der Waals surface area (Å²) in [5, 5.41) is 14.0. The molecule has 3 rings (SSSR count). The van der Waals surface area contributed by atoms with Crippen LogP contribution in [-0.2, 0) is 28.7 Å². The number of β-lactam (4-membered cyclic amide) rings is 1. The number of carboxylic acids is 1. The number of anilines is 1. The minimum atomic E-state index is -1.32. The number of carbonyl (C=O) groups is 5. The molecule has 0 aliphatic carbocycles. The highest BCUT2D eigenvalue weighted by atomic mass is 32.2. The second-order valence-corrected chi connectivity index (χ2v) is 7.90. The highest BCUT2D eigenvalue weighted by Gasteiger charge is 2.54. The van der Waals surface area contributed by atoms with Gasteiger partial charge in [0.2, 0.25) is 12.3 Å². The molecule has 1 saturated heterocycles. The number of ether oxygens (including phenoxy) is 1. The van der Waals surface area contributed by atoms with E-state index in [4.69, 9.17) is 10.5 Å². The zero-order valence-corrected chi connectivity index (χ0v) is 17.2. The number of nitrogens with zero attached hydrogens (tertiary/aromatic N) is 1. The Morgan fingerprint density at radius 3 is 2.81 bits per heavy atom. The Bertz CT molecular complexity index is 980. The van der Waals surface area contributed by atoms with Gasteiger partial charge in [0.1, 0.15) is 29.8 Å². The summed E-state index contributed by atoms with van der Waals surface area (Å²) in [4.78, 5) is 59.7. The first kappa shape index (κ1) is 22.3. The normalized spacial score (nSPS) is 20.8. The fraction of sp³-hybridized carbons (Fsp3) is 0.316. The lowest BCUT2D eigenvalue weighted by molar-refractivity contribution is -0.151. The third-order valence-corrected chi connectivity index (χ3v) is 6.09. The maximum Gasteiger partial charge on any atom is 0.352 e. The number of thioether (sulfide) groups is 1. The number of nitrogens with one attached hydrogen (secondary N) is 2. The molecular formula is C19H20N4O7S. The first-order valence-corrected chi connectivity index (χ1v) is 10.2. The average molecular weight is 448 g/mol. The second-order valence-electron chi connectivity index (χ2n) is 6.80. The van der Waals surface area contributed by atoms with Crippen molar-refractivity contribution in [2.45, 2.75) is 24.4 Å². The molecule has 0 bridgehead atoms. The van der Waals surface area contributed by atoms with Crippen LogP contribution in [0.1, 0.15) is 18.5 Å². The van der Waals surface area contributed by atoms with E-state index >= 15 is 0 Å². The highest BCUT2D eigenvalue weighted by Crippen LogP contribution is 2.40. The smallest absolute Gasteiger partial charge is 0.352 e. The quantitative estimate of drug-likeness (QED) is 0.234. The van der Waals surface area contributed by atoms with Crippen molar-refractivity contribution in [3.05, 3.63) is 41.1 Å². The van der Waals surface area contributed by atoms with Crippen molar-refractivity contribution >= 4 is 47.6 Å². The molecule has 0 spiro atoms. The monoisotopic (exact) mass is 448 g/mol. The molecule has 164 valence electrons. The van der Waals surface area contributed by atoms with Crippen LogP contribution in [0.15, 0.2) is 35.5 Å². The molecule has 2 aliphatic heterocycles. The van der Waals surface area contributed by atoms with E-state index < -0.39 is 41.2 Å². The lowest BCUT2D eigenvalue weighted by Crippen LogP contribution is -2.71. The summed E-state index contributed by atoms with van der Waals surface area (Å²) < 4.78 is 4.88. The number of carboxylic acid groups (broad SMARTS) is 1. The van der Waals surface area contributed by atoms with Crippen molar-refractivity contribution in [2.75, 3.05) is 17.7 Å². The minimum Gasteiger partial charge on any atom is -0.477 e. The maximum atomic E-state index is 12.6. The van der Waals surface area contributed by atoms with E-state index in [9.17, 15) is 29.1 Å². The number of amides is 3. The summed E-state index contributed by atoms with van der Waals surface area (Å²) in [5.74, 6) is -2.87. The maximum absolute atomic E-state index is 12.6. The van der Waals surface area contributed by atoms with E-state index in [2.05, 4.69) is 10.6 Å². The summed E-state index contributed by atoms with van der Waals surface area (Å²) in [6.07, 6.45) is 0.496. The standard InChI is InChI=1S/C19H20N4O7S/c1-9(25)30-6-11-7-31-18-14(17(27)23(18)15(11)19(28)29)22-16(26)13(20)10-3-2-4-12(5-10)21-8-24/h2-5,8,13-14,18H,6-7,20H2,1H3,(H,21,24)(H,22,26)(H,28,29)/t13?,14-,18-/m1/s1. The van der Waals surface area contributed by atoms with Crippen LogP contribution in [0.5, 0.6) is 0 Å². The predicted octanol–water partition coefficient (Wildman–Crippen LogP) is -0.444. The summed E-state index contributed by atoms with van der Waals surface area (Å²) in [6.45, 7) is 0.974. The third-order valence-electron chi connectivity index (χ3n) is 4.75. The van der Waals surface area contributed by atoms with Crippen LogP contribution in [0, 0.1) is 0 Å². The fourth-order valence-electron chi connectivity index (χ4n) is 3.27. The van der Waals surface area contributed by atoms with Crippen molar-refractivity contribution in [1.29, 1.82) is 0 Å². The number of carbonyl (C=O) groups excluding carboxylic acids is 4. The molecule has 0 aromatic heterocycles. The highest BCUT2D eigenvalue weighted by molar-refractivity contribution is 8.00. The predicted molar refractivity (Wildman–Crippen MR) is 109 cm³/mol. The molecule has 1 aromatic rings. The van der Waals surface area contributed by atoms with E-state index in [1.165, 1.54) is 24.8 Å². The Morgan fingerprint density at radius 2 is 2.16 bits per heavy atom. The third kappa shape index (κ3) is 4.54. The van der Waals surface area contributed by atoms with Crippen molar-refractivity contribution in [3.63, 3.8) is 0 Å². The summed E-state index contributed by atoms with van der Waals surface area (Å²) in [7, 11) is 0. The van der Waals surface area contributed by atoms with Gasteiger partial charge >= 0.3 is 11.9 Å². The van der Waals surface area contributed by atoms with Gasteiger partial charge < -0.3 is 26.2 Å². The molecule has 31 heavy (non-hydrogen) atoms. The van der Waals surface area contributed by atoms with Gasteiger partial charge in [-0.05, 0) is 17.7 Å². The summed E-state index contributed by atoms with van der Waals surface area (Å²) in [6, 6.07) is 4.35. The van der Waals surface area contributed by atoms with E-state index in [-0.39, 0.29) is 18.1 Å². The largest absolute Gasteiger partial charge is 0.477 e. The van der Waals surface area contributed by atoms with E-state index in [0.29, 0.717) is 23.2 Å². The average Bonchev–Trinajstić information content (AvgIpc) is 2.74. The van der Waals surface area contributed by atoms with Gasteiger partial charge in [0.25, 0.3) is 5.91 Å². The van der Waals surface area contributed by atoms with Crippen molar-refractivity contribution in [3.8, 4) is 0 Å². The number of esters is 1. The van der Waals surface area contributed by atoms with Crippen LogP contribution >= 0.6 is 11.8 Å². The van der Waals surface area contributed by atoms with Crippen LogP contribution in [-0.4, -0.2) is 63.9 Å². The fourth-order valence-corrected chi connectivity index (χ4v) is 4.59. The number of benzene rings is 1. The Morgan fingerprint density at radius 1 is 1.42 bits per heavy atom. The van der Waals surface area contributed by atoms with Crippen molar-refractivity contribution < 1.29 is 33.8 Å². The molecule has 0 radical (unpaired) electrons. The second kappa shape index (κ2) is 9.18.